The minimum atomic E-state index is -0.411. The SMILES string of the molecule is [N-]=[N+]=C1C(=O)NCN=C1c1ccccc1. The van der Waals surface area contributed by atoms with Crippen LogP contribution in [0.3, 0.4) is 0 Å². The van der Waals surface area contributed by atoms with E-state index in [1.165, 1.54) is 0 Å². The quantitative estimate of drug-likeness (QED) is 0.511. The van der Waals surface area contributed by atoms with Gasteiger partial charge in [0.15, 0.2) is 5.71 Å². The maximum Gasteiger partial charge on any atom is 0.404 e. The lowest BCUT2D eigenvalue weighted by molar-refractivity contribution is -0.118. The maximum atomic E-state index is 11.3. The van der Waals surface area contributed by atoms with Gasteiger partial charge in [-0.15, -0.1) is 0 Å². The van der Waals surface area contributed by atoms with Crippen molar-refractivity contribution in [1.82, 2.24) is 5.32 Å². The molecule has 1 aromatic rings. The van der Waals surface area contributed by atoms with Crippen LogP contribution in [0.4, 0.5) is 0 Å². The predicted octanol–water partition coefficient (Wildman–Crippen LogP) is 0.234. The Morgan fingerprint density at radius 2 is 2.07 bits per heavy atom. The molecule has 1 N–H and O–H groups in total. The van der Waals surface area contributed by atoms with Crippen molar-refractivity contribution in [2.75, 3.05) is 6.67 Å². The molecule has 0 saturated carbocycles. The van der Waals surface area contributed by atoms with Crippen molar-refractivity contribution in [2.45, 2.75) is 0 Å². The van der Waals surface area contributed by atoms with Crippen molar-refractivity contribution in [2.24, 2.45) is 4.99 Å². The first-order chi connectivity index (χ1) is 7.33. The predicted molar refractivity (Wildman–Crippen MR) is 54.6 cm³/mol. The van der Waals surface area contributed by atoms with Crippen LogP contribution in [0.2, 0.25) is 0 Å². The zero-order valence-corrected chi connectivity index (χ0v) is 7.84. The summed E-state index contributed by atoms with van der Waals surface area (Å²) in [6.07, 6.45) is 0. The van der Waals surface area contributed by atoms with E-state index in [0.717, 1.165) is 5.56 Å². The van der Waals surface area contributed by atoms with Crippen molar-refractivity contribution in [1.29, 1.82) is 0 Å². The van der Waals surface area contributed by atoms with Crippen molar-refractivity contribution >= 4 is 17.3 Å². The van der Waals surface area contributed by atoms with Crippen LogP contribution in [0.25, 0.3) is 5.53 Å². The second kappa shape index (κ2) is 3.86. The van der Waals surface area contributed by atoms with E-state index in [9.17, 15) is 4.79 Å². The van der Waals surface area contributed by atoms with E-state index in [-0.39, 0.29) is 12.4 Å². The second-order valence-corrected chi connectivity index (χ2v) is 2.99. The number of nitrogens with one attached hydrogen (secondary N) is 1. The van der Waals surface area contributed by atoms with Gasteiger partial charge in [-0.3, -0.25) is 9.79 Å². The molecule has 15 heavy (non-hydrogen) atoms. The Morgan fingerprint density at radius 1 is 1.33 bits per heavy atom. The van der Waals surface area contributed by atoms with Crippen LogP contribution in [0, 0.1) is 0 Å². The molecule has 2 rings (SSSR count). The van der Waals surface area contributed by atoms with Gasteiger partial charge in [-0.2, -0.15) is 4.79 Å². The molecule has 5 heteroatoms. The lowest BCUT2D eigenvalue weighted by Gasteiger charge is -2.08. The average Bonchev–Trinajstić information content (AvgIpc) is 2.30. The van der Waals surface area contributed by atoms with Crippen molar-refractivity contribution in [3.8, 4) is 0 Å². The van der Waals surface area contributed by atoms with Gasteiger partial charge in [0, 0.05) is 5.56 Å². The Morgan fingerprint density at radius 3 is 2.73 bits per heavy atom. The second-order valence-electron chi connectivity index (χ2n) is 2.99. The smallest absolute Gasteiger partial charge is 0.360 e. The molecule has 0 spiro atoms. The summed E-state index contributed by atoms with van der Waals surface area (Å²) in [6, 6.07) is 9.15. The molecule has 1 aliphatic rings. The zero-order valence-electron chi connectivity index (χ0n) is 7.84. The first-order valence-electron chi connectivity index (χ1n) is 4.43. The molecule has 0 aliphatic carbocycles. The Balaban J connectivity index is 2.49. The maximum absolute atomic E-state index is 11.3. The highest BCUT2D eigenvalue weighted by Crippen LogP contribution is 2.04. The number of aliphatic imine (C=N–C) groups is 1. The van der Waals surface area contributed by atoms with E-state index in [2.05, 4.69) is 15.1 Å². The van der Waals surface area contributed by atoms with E-state index in [4.69, 9.17) is 5.53 Å². The largest absolute Gasteiger partial charge is 0.404 e. The topological polar surface area (TPSA) is 77.9 Å². The molecule has 0 aromatic heterocycles. The summed E-state index contributed by atoms with van der Waals surface area (Å²) in [5, 5.41) is 2.47. The molecular weight excluding hydrogens is 192 g/mol. The van der Waals surface area contributed by atoms with E-state index in [0.29, 0.717) is 5.71 Å². The molecule has 1 amide bonds. The fourth-order valence-corrected chi connectivity index (χ4v) is 1.37. The van der Waals surface area contributed by atoms with Gasteiger partial charge >= 0.3 is 11.6 Å². The number of nitrogens with zero attached hydrogens (tertiary/aromatic N) is 3. The van der Waals surface area contributed by atoms with Gasteiger partial charge < -0.3 is 10.8 Å². The van der Waals surface area contributed by atoms with Crippen LogP contribution >= 0.6 is 0 Å². The molecule has 0 atom stereocenters. The number of carbonyl (C=O) groups excluding carboxylic acids is 1. The number of rotatable bonds is 1. The molecule has 1 aromatic carbocycles. The highest BCUT2D eigenvalue weighted by Gasteiger charge is 2.30. The minimum absolute atomic E-state index is 0.0487. The van der Waals surface area contributed by atoms with Crippen molar-refractivity contribution in [3.05, 3.63) is 41.4 Å². The standard InChI is InChI=1S/C10H8N4O/c11-14-9-8(12-6-13-10(9)15)7-4-2-1-3-5-7/h1-5H,6H2,(H,13,15). The molecule has 1 heterocycles. The summed E-state index contributed by atoms with van der Waals surface area (Å²) in [6.45, 7) is 0.210. The summed E-state index contributed by atoms with van der Waals surface area (Å²) >= 11 is 0. The Hall–Kier alpha value is -2.26. The molecule has 5 nitrogen and oxygen atoms in total. The number of carbonyl (C=O) groups is 1. The van der Waals surface area contributed by atoms with E-state index in [1.54, 1.807) is 0 Å². The van der Waals surface area contributed by atoms with Crippen LogP contribution in [0.1, 0.15) is 5.56 Å². The lowest BCUT2D eigenvalue weighted by Crippen LogP contribution is -2.41. The third-order valence-electron chi connectivity index (χ3n) is 2.06. The van der Waals surface area contributed by atoms with Gasteiger partial charge in [0.05, 0.1) is 0 Å². The first-order valence-corrected chi connectivity index (χ1v) is 4.43. The van der Waals surface area contributed by atoms with E-state index >= 15 is 0 Å². The van der Waals surface area contributed by atoms with E-state index in [1.807, 2.05) is 30.3 Å². The normalized spacial score (nSPS) is 15.3. The average molecular weight is 200 g/mol. The van der Waals surface area contributed by atoms with Gasteiger partial charge in [0.25, 0.3) is 0 Å². The molecule has 74 valence electrons. The van der Waals surface area contributed by atoms with Gasteiger partial charge in [-0.1, -0.05) is 30.3 Å². The van der Waals surface area contributed by atoms with Gasteiger partial charge in [-0.25, -0.2) is 0 Å². The molecule has 0 fully saturated rings. The lowest BCUT2D eigenvalue weighted by atomic mass is 10.0. The number of hydrogen-bond acceptors (Lipinski definition) is 2. The van der Waals surface area contributed by atoms with Crippen LogP contribution in [-0.2, 0) is 4.79 Å². The van der Waals surface area contributed by atoms with Crippen LogP contribution < -0.4 is 5.32 Å². The third-order valence-corrected chi connectivity index (χ3v) is 2.06. The number of amides is 1. The summed E-state index contributed by atoms with van der Waals surface area (Å²) in [5.74, 6) is -0.411. The molecule has 1 aliphatic heterocycles. The van der Waals surface area contributed by atoms with E-state index < -0.39 is 5.91 Å². The molecule has 0 unspecified atom stereocenters. The molecule has 0 bridgehead atoms. The number of benzene rings is 1. The summed E-state index contributed by atoms with van der Waals surface area (Å²) in [7, 11) is 0. The zero-order chi connectivity index (χ0) is 10.7. The third kappa shape index (κ3) is 1.68. The van der Waals surface area contributed by atoms with Crippen LogP contribution in [-0.4, -0.2) is 28.8 Å². The van der Waals surface area contributed by atoms with Crippen molar-refractivity contribution < 1.29 is 9.58 Å². The van der Waals surface area contributed by atoms with Crippen LogP contribution in [0.15, 0.2) is 35.3 Å². The Labute approximate surface area is 86.1 Å². The van der Waals surface area contributed by atoms with Crippen LogP contribution in [0.5, 0.6) is 0 Å². The van der Waals surface area contributed by atoms with Gasteiger partial charge in [0.2, 0.25) is 0 Å². The summed E-state index contributed by atoms with van der Waals surface area (Å²) < 4.78 is 0. The molecule has 0 radical (unpaired) electrons. The number of hydrogen-bond donors (Lipinski definition) is 1. The first kappa shape index (κ1) is 9.30. The molecular formula is C10H8N4O. The Kier molecular flexibility index (Phi) is 2.39. The summed E-state index contributed by atoms with van der Waals surface area (Å²) in [4.78, 5) is 18.4. The highest BCUT2D eigenvalue weighted by atomic mass is 16.2. The van der Waals surface area contributed by atoms with Crippen molar-refractivity contribution in [3.63, 3.8) is 0 Å². The Bertz CT molecular complexity index is 471. The van der Waals surface area contributed by atoms with Gasteiger partial charge in [-0.05, 0) is 0 Å². The monoisotopic (exact) mass is 200 g/mol. The molecule has 0 saturated heterocycles. The fourth-order valence-electron chi connectivity index (χ4n) is 1.37. The highest BCUT2D eigenvalue weighted by molar-refractivity contribution is 6.68. The summed E-state index contributed by atoms with van der Waals surface area (Å²) in [5.41, 5.74) is 9.87. The minimum Gasteiger partial charge on any atom is -0.360 e. The van der Waals surface area contributed by atoms with Gasteiger partial charge in [0.1, 0.15) is 6.67 Å². The fraction of sp³-hybridized carbons (Fsp3) is 0.100.